The number of hydrogen-bond donors (Lipinski definition) is 3. The van der Waals surface area contributed by atoms with E-state index in [4.69, 9.17) is 0 Å². The van der Waals surface area contributed by atoms with Gasteiger partial charge in [0.2, 0.25) is 0 Å². The molecule has 2 amide bonds. The molecule has 0 bridgehead atoms. The van der Waals surface area contributed by atoms with Crippen LogP contribution in [0.2, 0.25) is 0 Å². The minimum Gasteiger partial charge on any atom is -0.478 e. The summed E-state index contributed by atoms with van der Waals surface area (Å²) in [6, 6.07) is 12.4. The lowest BCUT2D eigenvalue weighted by Crippen LogP contribution is -2.31. The molecule has 2 aromatic carbocycles. The number of fused-ring (bicyclic) bond motifs is 3. The first kappa shape index (κ1) is 22.8. The highest BCUT2D eigenvalue weighted by Crippen LogP contribution is 2.35. The van der Waals surface area contributed by atoms with Gasteiger partial charge in [-0.15, -0.1) is 0 Å². The molecule has 2 heterocycles. The third-order valence-electron chi connectivity index (χ3n) is 7.38. The normalized spacial score (nSPS) is 17.9. The monoisotopic (exact) mass is 496 g/mol. The standard InChI is InChI=1S/C27H24N6O4/c1-14-16-9-11-21(19(16)8-7-17(14)26(36)37)31-25(35)23-12-22(32-27-28-13-29-33(23)27)24(34)30-20-10-6-15-4-2-3-5-18(15)20/h2-5,7-8,12-13,20-21H,6,9-11H2,1H3,(H,30,34)(H,31,35)(H,36,37)/t20-,21-/m0/s1. The fourth-order valence-corrected chi connectivity index (χ4v) is 5.52. The highest BCUT2D eigenvalue weighted by Gasteiger charge is 2.30. The Balaban J connectivity index is 1.26. The molecule has 0 unspecified atom stereocenters. The first-order chi connectivity index (χ1) is 17.9. The molecule has 0 aliphatic heterocycles. The van der Waals surface area contributed by atoms with Crippen molar-refractivity contribution in [3.05, 3.63) is 93.6 Å². The van der Waals surface area contributed by atoms with Gasteiger partial charge < -0.3 is 15.7 Å². The first-order valence-corrected chi connectivity index (χ1v) is 12.2. The smallest absolute Gasteiger partial charge is 0.335 e. The number of carboxylic acid groups (broad SMARTS) is 1. The fraction of sp³-hybridized carbons (Fsp3) is 0.259. The van der Waals surface area contributed by atoms with E-state index >= 15 is 0 Å². The van der Waals surface area contributed by atoms with Crippen molar-refractivity contribution < 1.29 is 19.5 Å². The number of amides is 2. The van der Waals surface area contributed by atoms with E-state index in [-0.39, 0.29) is 40.7 Å². The summed E-state index contributed by atoms with van der Waals surface area (Å²) >= 11 is 0. The fourth-order valence-electron chi connectivity index (χ4n) is 5.52. The zero-order valence-corrected chi connectivity index (χ0v) is 20.1. The Bertz CT molecular complexity index is 1590. The van der Waals surface area contributed by atoms with Crippen LogP contribution >= 0.6 is 0 Å². The zero-order chi connectivity index (χ0) is 25.7. The Morgan fingerprint density at radius 1 is 0.973 bits per heavy atom. The van der Waals surface area contributed by atoms with E-state index in [0.717, 1.165) is 35.1 Å². The van der Waals surface area contributed by atoms with Crippen LogP contribution in [0.4, 0.5) is 0 Å². The number of nitrogens with one attached hydrogen (secondary N) is 2. The molecule has 186 valence electrons. The third kappa shape index (κ3) is 3.90. The van der Waals surface area contributed by atoms with E-state index in [1.54, 1.807) is 19.1 Å². The van der Waals surface area contributed by atoms with Crippen molar-refractivity contribution in [2.45, 2.75) is 44.7 Å². The van der Waals surface area contributed by atoms with Gasteiger partial charge in [0.25, 0.3) is 17.6 Å². The van der Waals surface area contributed by atoms with Crippen molar-refractivity contribution in [2.75, 3.05) is 0 Å². The number of rotatable bonds is 5. The lowest BCUT2D eigenvalue weighted by molar-refractivity contribution is 0.0695. The molecule has 2 aliphatic rings. The van der Waals surface area contributed by atoms with Crippen molar-refractivity contribution in [1.82, 2.24) is 30.2 Å². The average molecular weight is 497 g/mol. The molecular weight excluding hydrogens is 472 g/mol. The summed E-state index contributed by atoms with van der Waals surface area (Å²) in [5, 5.41) is 19.6. The van der Waals surface area contributed by atoms with Gasteiger partial charge in [0.05, 0.1) is 17.6 Å². The molecule has 37 heavy (non-hydrogen) atoms. The van der Waals surface area contributed by atoms with Crippen LogP contribution in [-0.4, -0.2) is 42.5 Å². The van der Waals surface area contributed by atoms with E-state index in [2.05, 4.69) is 31.8 Å². The van der Waals surface area contributed by atoms with Crippen LogP contribution in [0.15, 0.2) is 48.8 Å². The van der Waals surface area contributed by atoms with Gasteiger partial charge in [0.15, 0.2) is 0 Å². The molecule has 0 saturated carbocycles. The van der Waals surface area contributed by atoms with E-state index < -0.39 is 11.9 Å². The predicted octanol–water partition coefficient (Wildman–Crippen LogP) is 2.97. The van der Waals surface area contributed by atoms with Gasteiger partial charge in [-0.1, -0.05) is 30.3 Å². The topological polar surface area (TPSA) is 139 Å². The number of aromatic carboxylic acids is 1. The van der Waals surface area contributed by atoms with Crippen LogP contribution < -0.4 is 10.6 Å². The van der Waals surface area contributed by atoms with Gasteiger partial charge >= 0.3 is 5.97 Å². The summed E-state index contributed by atoms with van der Waals surface area (Å²) in [6.45, 7) is 1.79. The van der Waals surface area contributed by atoms with E-state index in [1.807, 2.05) is 18.2 Å². The van der Waals surface area contributed by atoms with Gasteiger partial charge in [0, 0.05) is 6.07 Å². The Morgan fingerprint density at radius 2 is 1.73 bits per heavy atom. The minimum absolute atomic E-state index is 0.0868. The van der Waals surface area contributed by atoms with Crippen LogP contribution in [0.5, 0.6) is 0 Å². The lowest BCUT2D eigenvalue weighted by Gasteiger charge is -2.17. The van der Waals surface area contributed by atoms with Gasteiger partial charge in [-0.25, -0.2) is 9.78 Å². The molecule has 10 heteroatoms. The van der Waals surface area contributed by atoms with Gasteiger partial charge in [-0.2, -0.15) is 14.6 Å². The van der Waals surface area contributed by atoms with E-state index in [1.165, 1.54) is 22.5 Å². The maximum absolute atomic E-state index is 13.4. The van der Waals surface area contributed by atoms with Crippen LogP contribution in [0.25, 0.3) is 5.78 Å². The predicted molar refractivity (Wildman–Crippen MR) is 132 cm³/mol. The molecule has 10 nitrogen and oxygen atoms in total. The number of carbonyl (C=O) groups excluding carboxylic acids is 2. The van der Waals surface area contributed by atoms with E-state index in [9.17, 15) is 19.5 Å². The average Bonchev–Trinajstić information content (AvgIpc) is 3.63. The molecule has 2 aliphatic carbocycles. The summed E-state index contributed by atoms with van der Waals surface area (Å²) in [5.74, 6) is -1.62. The molecule has 0 saturated heterocycles. The largest absolute Gasteiger partial charge is 0.478 e. The number of carboxylic acids is 1. The summed E-state index contributed by atoms with van der Waals surface area (Å²) in [6.07, 6.45) is 4.29. The van der Waals surface area contributed by atoms with Crippen molar-refractivity contribution in [2.24, 2.45) is 0 Å². The van der Waals surface area contributed by atoms with Crippen molar-refractivity contribution >= 4 is 23.6 Å². The number of benzene rings is 2. The molecule has 0 spiro atoms. The van der Waals surface area contributed by atoms with Crippen LogP contribution in [0.1, 0.15) is 84.1 Å². The maximum Gasteiger partial charge on any atom is 0.335 e. The van der Waals surface area contributed by atoms with Gasteiger partial charge in [-0.3, -0.25) is 9.59 Å². The summed E-state index contributed by atoms with van der Waals surface area (Å²) in [5.41, 5.74) is 5.38. The number of nitrogens with zero attached hydrogens (tertiary/aromatic N) is 4. The molecule has 3 N–H and O–H groups in total. The Labute approximate surface area is 211 Å². The molecule has 0 radical (unpaired) electrons. The van der Waals surface area contributed by atoms with Crippen molar-refractivity contribution in [1.29, 1.82) is 0 Å². The Morgan fingerprint density at radius 3 is 2.57 bits per heavy atom. The quantitative estimate of drug-likeness (QED) is 0.386. The highest BCUT2D eigenvalue weighted by atomic mass is 16.4. The van der Waals surface area contributed by atoms with Gasteiger partial charge in [0.1, 0.15) is 17.7 Å². The molecule has 2 atom stereocenters. The Kier molecular flexibility index (Phi) is 5.44. The van der Waals surface area contributed by atoms with Crippen LogP contribution in [0, 0.1) is 6.92 Å². The van der Waals surface area contributed by atoms with Crippen molar-refractivity contribution in [3.8, 4) is 0 Å². The maximum atomic E-state index is 13.4. The number of carbonyl (C=O) groups is 3. The molecular formula is C27H24N6O4. The minimum atomic E-state index is -0.968. The second kappa shape index (κ2) is 8.81. The summed E-state index contributed by atoms with van der Waals surface area (Å²) in [4.78, 5) is 46.5. The third-order valence-corrected chi connectivity index (χ3v) is 7.38. The highest BCUT2D eigenvalue weighted by molar-refractivity contribution is 5.98. The zero-order valence-electron chi connectivity index (χ0n) is 20.1. The number of aryl methyl sites for hydroxylation is 1. The summed E-state index contributed by atoms with van der Waals surface area (Å²) in [7, 11) is 0. The van der Waals surface area contributed by atoms with Gasteiger partial charge in [-0.05, 0) is 66.5 Å². The number of aromatic nitrogens is 4. The molecule has 0 fully saturated rings. The SMILES string of the molecule is Cc1c(C(=O)O)ccc2c1CC[C@@H]2NC(=O)c1cc(C(=O)N[C@H]2CCc3ccccc32)nc2ncnn12. The van der Waals surface area contributed by atoms with Crippen LogP contribution in [-0.2, 0) is 12.8 Å². The first-order valence-electron chi connectivity index (χ1n) is 12.2. The molecule has 6 rings (SSSR count). The lowest BCUT2D eigenvalue weighted by atomic mass is 9.98. The van der Waals surface area contributed by atoms with Crippen molar-refractivity contribution in [3.63, 3.8) is 0 Å². The second-order valence-electron chi connectivity index (χ2n) is 9.44. The summed E-state index contributed by atoms with van der Waals surface area (Å²) < 4.78 is 1.31. The van der Waals surface area contributed by atoms with E-state index in [0.29, 0.717) is 12.8 Å². The second-order valence-corrected chi connectivity index (χ2v) is 9.44. The molecule has 4 aromatic rings. The molecule has 2 aromatic heterocycles. The number of hydrogen-bond acceptors (Lipinski definition) is 6. The van der Waals surface area contributed by atoms with Crippen LogP contribution in [0.3, 0.4) is 0 Å². The Hall–Kier alpha value is -4.60.